The third kappa shape index (κ3) is 2.19. The van der Waals surface area contributed by atoms with Gasteiger partial charge in [-0.2, -0.15) is 0 Å². The average Bonchev–Trinajstić information content (AvgIpc) is 2.16. The summed E-state index contributed by atoms with van der Waals surface area (Å²) in [6.45, 7) is 0. The van der Waals surface area contributed by atoms with Crippen molar-refractivity contribution in [1.82, 2.24) is 0 Å². The Morgan fingerprint density at radius 3 is 2.69 bits per heavy atom. The molecule has 0 radical (unpaired) electrons. The summed E-state index contributed by atoms with van der Waals surface area (Å²) in [5, 5.41) is 8.20. The Labute approximate surface area is 79.7 Å². The van der Waals surface area contributed by atoms with E-state index < -0.39 is 11.0 Å². The van der Waals surface area contributed by atoms with E-state index in [0.29, 0.717) is 10.6 Å². The fraction of sp³-hybridized carbons (Fsp3) is 0.250. The summed E-state index contributed by atoms with van der Waals surface area (Å²) in [6.07, 6.45) is 0. The number of nitrogens with one attached hydrogen (secondary N) is 1. The van der Waals surface area contributed by atoms with Crippen molar-refractivity contribution in [2.75, 3.05) is 19.5 Å². The molecule has 0 bridgehead atoms. The van der Waals surface area contributed by atoms with Crippen LogP contribution in [0.1, 0.15) is 0 Å². The smallest absolute Gasteiger partial charge is 0.138 e. The highest BCUT2D eigenvalue weighted by Crippen LogP contribution is 2.24. The van der Waals surface area contributed by atoms with E-state index in [-0.39, 0.29) is 0 Å². The Morgan fingerprint density at radius 1 is 1.54 bits per heavy atom. The molecule has 0 aromatic heterocycles. The van der Waals surface area contributed by atoms with Crippen LogP contribution in [0.4, 0.5) is 5.69 Å². The summed E-state index contributed by atoms with van der Waals surface area (Å²) in [4.78, 5) is 0.501. The molecule has 1 aromatic carbocycles. The van der Waals surface area contributed by atoms with E-state index in [1.807, 2.05) is 0 Å². The molecule has 0 spiro atoms. The molecule has 5 heteroatoms. The lowest BCUT2D eigenvalue weighted by Gasteiger charge is -2.07. The van der Waals surface area contributed by atoms with Crippen LogP contribution < -0.4 is 15.2 Å². The summed E-state index contributed by atoms with van der Waals surface area (Å²) in [6, 6.07) is 5.23. The highest BCUT2D eigenvalue weighted by molar-refractivity contribution is 7.82. The van der Waals surface area contributed by atoms with Crippen molar-refractivity contribution in [3.8, 4) is 5.75 Å². The topological polar surface area (TPSA) is 64.3 Å². The molecule has 1 unspecified atom stereocenters. The van der Waals surface area contributed by atoms with E-state index in [1.165, 1.54) is 7.11 Å². The van der Waals surface area contributed by atoms with Crippen LogP contribution >= 0.6 is 0 Å². The monoisotopic (exact) mass is 200 g/mol. The number of hydrogen-bond donors (Lipinski definition) is 2. The Bertz CT molecular complexity index is 328. The highest BCUT2D eigenvalue weighted by Gasteiger charge is 2.07. The predicted molar refractivity (Wildman–Crippen MR) is 53.1 cm³/mol. The van der Waals surface area contributed by atoms with Gasteiger partial charge in [0.25, 0.3) is 0 Å². The Hall–Kier alpha value is -1.07. The maximum atomic E-state index is 11.0. The minimum absolute atomic E-state index is 0.501. The number of rotatable bonds is 3. The first-order valence-electron chi connectivity index (χ1n) is 3.71. The van der Waals surface area contributed by atoms with E-state index in [1.54, 1.807) is 25.2 Å². The van der Waals surface area contributed by atoms with Gasteiger partial charge in [0.1, 0.15) is 16.7 Å². The first-order chi connectivity index (χ1) is 6.19. The normalized spacial score (nSPS) is 12.2. The second-order valence-corrected chi connectivity index (χ2v) is 3.45. The summed E-state index contributed by atoms with van der Waals surface area (Å²) in [7, 11) is 1.82. The predicted octanol–water partition coefficient (Wildman–Crippen LogP) is 0.718. The van der Waals surface area contributed by atoms with Crippen molar-refractivity contribution < 1.29 is 8.95 Å². The maximum Gasteiger partial charge on any atom is 0.138 e. The third-order valence-electron chi connectivity index (χ3n) is 1.67. The van der Waals surface area contributed by atoms with Crippen LogP contribution in [0.5, 0.6) is 5.75 Å². The molecule has 72 valence electrons. The average molecular weight is 200 g/mol. The van der Waals surface area contributed by atoms with E-state index in [2.05, 4.69) is 5.32 Å². The van der Waals surface area contributed by atoms with Gasteiger partial charge < -0.3 is 10.1 Å². The number of anilines is 1. The fourth-order valence-corrected chi connectivity index (χ4v) is 1.53. The molecule has 1 atom stereocenters. The van der Waals surface area contributed by atoms with Crippen LogP contribution in [-0.4, -0.2) is 18.4 Å². The van der Waals surface area contributed by atoms with Gasteiger partial charge in [0.2, 0.25) is 0 Å². The zero-order valence-corrected chi connectivity index (χ0v) is 8.35. The van der Waals surface area contributed by atoms with Crippen molar-refractivity contribution in [2.24, 2.45) is 5.14 Å². The summed E-state index contributed by atoms with van der Waals surface area (Å²) in [5.41, 5.74) is 0.894. The number of methoxy groups -OCH3 is 1. The van der Waals surface area contributed by atoms with Gasteiger partial charge in [-0.3, -0.25) is 0 Å². The molecule has 1 aromatic rings. The largest absolute Gasteiger partial charge is 0.495 e. The van der Waals surface area contributed by atoms with Crippen molar-refractivity contribution in [1.29, 1.82) is 0 Å². The van der Waals surface area contributed by atoms with Crippen molar-refractivity contribution >= 4 is 16.7 Å². The van der Waals surface area contributed by atoms with Gasteiger partial charge in [-0.1, -0.05) is 0 Å². The third-order valence-corrected chi connectivity index (χ3v) is 2.44. The molecule has 0 aliphatic heterocycles. The molecule has 0 aliphatic carbocycles. The molecule has 0 saturated heterocycles. The number of hydrogen-bond acceptors (Lipinski definition) is 3. The number of ether oxygens (including phenoxy) is 1. The lowest BCUT2D eigenvalue weighted by atomic mass is 10.3. The van der Waals surface area contributed by atoms with Crippen LogP contribution in [0.15, 0.2) is 23.1 Å². The summed E-state index contributed by atoms with van der Waals surface area (Å²) in [5.74, 6) is 0.535. The Kier molecular flexibility index (Phi) is 3.27. The molecule has 0 fully saturated rings. The SMILES string of the molecule is CNc1ccc(S(N)=O)c(OC)c1. The summed E-state index contributed by atoms with van der Waals surface area (Å²) >= 11 is 0. The molecular weight excluding hydrogens is 188 g/mol. The van der Waals surface area contributed by atoms with Gasteiger partial charge >= 0.3 is 0 Å². The second-order valence-electron chi connectivity index (χ2n) is 2.41. The first-order valence-corrected chi connectivity index (χ1v) is 4.92. The van der Waals surface area contributed by atoms with Crippen LogP contribution in [-0.2, 0) is 11.0 Å². The van der Waals surface area contributed by atoms with Gasteiger partial charge in [-0.25, -0.2) is 9.35 Å². The molecule has 0 saturated carbocycles. The van der Waals surface area contributed by atoms with Gasteiger partial charge in [0, 0.05) is 18.8 Å². The zero-order valence-electron chi connectivity index (χ0n) is 7.53. The zero-order chi connectivity index (χ0) is 9.84. The van der Waals surface area contributed by atoms with Crippen molar-refractivity contribution in [3.63, 3.8) is 0 Å². The van der Waals surface area contributed by atoms with Crippen molar-refractivity contribution in [3.05, 3.63) is 18.2 Å². The molecular formula is C8H12N2O2S. The molecule has 0 amide bonds. The summed E-state index contributed by atoms with van der Waals surface area (Å²) < 4.78 is 16.0. The van der Waals surface area contributed by atoms with Crippen LogP contribution in [0.3, 0.4) is 0 Å². The van der Waals surface area contributed by atoms with E-state index >= 15 is 0 Å². The Morgan fingerprint density at radius 2 is 2.23 bits per heavy atom. The molecule has 0 aliphatic rings. The van der Waals surface area contributed by atoms with Crippen LogP contribution in [0, 0.1) is 0 Å². The van der Waals surface area contributed by atoms with E-state index in [4.69, 9.17) is 9.88 Å². The van der Waals surface area contributed by atoms with Gasteiger partial charge in [0.05, 0.1) is 12.0 Å². The molecule has 1 rings (SSSR count). The minimum atomic E-state index is -1.50. The van der Waals surface area contributed by atoms with Gasteiger partial charge in [-0.15, -0.1) is 0 Å². The maximum absolute atomic E-state index is 11.0. The molecule has 4 nitrogen and oxygen atoms in total. The lowest BCUT2D eigenvalue weighted by Crippen LogP contribution is -2.05. The fourth-order valence-electron chi connectivity index (χ4n) is 0.989. The number of nitrogens with two attached hydrogens (primary N) is 1. The lowest BCUT2D eigenvalue weighted by molar-refractivity contribution is 0.404. The Balaban J connectivity index is 3.15. The minimum Gasteiger partial charge on any atom is -0.495 e. The first kappa shape index (κ1) is 10.0. The molecule has 3 N–H and O–H groups in total. The molecule has 13 heavy (non-hydrogen) atoms. The standard InChI is InChI=1S/C8H12N2O2S/c1-10-6-3-4-8(13(9)11)7(5-6)12-2/h3-5,10H,9H2,1-2H3. The van der Waals surface area contributed by atoms with E-state index in [0.717, 1.165) is 5.69 Å². The number of benzene rings is 1. The van der Waals surface area contributed by atoms with Crippen LogP contribution in [0.2, 0.25) is 0 Å². The van der Waals surface area contributed by atoms with E-state index in [9.17, 15) is 4.21 Å². The van der Waals surface area contributed by atoms with Crippen molar-refractivity contribution in [2.45, 2.75) is 4.90 Å². The highest BCUT2D eigenvalue weighted by atomic mass is 32.2. The molecule has 0 heterocycles. The van der Waals surface area contributed by atoms with Gasteiger partial charge in [0.15, 0.2) is 0 Å². The second kappa shape index (κ2) is 4.25. The van der Waals surface area contributed by atoms with Gasteiger partial charge in [-0.05, 0) is 12.1 Å². The quantitative estimate of drug-likeness (QED) is 0.755. The van der Waals surface area contributed by atoms with Crippen LogP contribution in [0.25, 0.3) is 0 Å².